The SMILES string of the molecule is CC(C)CC(N)C(=O)Oc1cccc(Br)c1. The molecule has 4 heteroatoms. The van der Waals surface area contributed by atoms with Crippen molar-refractivity contribution in [3.05, 3.63) is 28.7 Å². The molecule has 0 aliphatic rings. The summed E-state index contributed by atoms with van der Waals surface area (Å²) in [4.78, 5) is 11.6. The van der Waals surface area contributed by atoms with Crippen LogP contribution in [0.15, 0.2) is 28.7 Å². The highest BCUT2D eigenvalue weighted by molar-refractivity contribution is 9.10. The third-order valence-electron chi connectivity index (χ3n) is 2.04. The molecule has 88 valence electrons. The molecule has 1 aromatic rings. The summed E-state index contributed by atoms with van der Waals surface area (Å²) in [6.45, 7) is 4.04. The van der Waals surface area contributed by atoms with Crippen molar-refractivity contribution in [3.63, 3.8) is 0 Å². The zero-order chi connectivity index (χ0) is 12.1. The third-order valence-corrected chi connectivity index (χ3v) is 2.54. The van der Waals surface area contributed by atoms with Gasteiger partial charge in [-0.15, -0.1) is 0 Å². The third kappa shape index (κ3) is 4.33. The maximum absolute atomic E-state index is 11.6. The molecule has 0 aliphatic carbocycles. The summed E-state index contributed by atoms with van der Waals surface area (Å²) in [5, 5.41) is 0. The number of hydrogen-bond donors (Lipinski definition) is 1. The van der Waals surface area contributed by atoms with Crippen molar-refractivity contribution in [3.8, 4) is 5.75 Å². The van der Waals surface area contributed by atoms with E-state index < -0.39 is 6.04 Å². The van der Waals surface area contributed by atoms with Gasteiger partial charge in [0.1, 0.15) is 11.8 Å². The van der Waals surface area contributed by atoms with E-state index >= 15 is 0 Å². The highest BCUT2D eigenvalue weighted by Crippen LogP contribution is 2.18. The van der Waals surface area contributed by atoms with Crippen LogP contribution in [0.25, 0.3) is 0 Å². The van der Waals surface area contributed by atoms with Crippen molar-refractivity contribution in [1.29, 1.82) is 0 Å². The van der Waals surface area contributed by atoms with E-state index in [9.17, 15) is 4.79 Å². The predicted molar refractivity (Wildman–Crippen MR) is 67.2 cm³/mol. The van der Waals surface area contributed by atoms with Crippen LogP contribution in [0.5, 0.6) is 5.75 Å². The summed E-state index contributed by atoms with van der Waals surface area (Å²) in [5.41, 5.74) is 5.72. The Bertz CT molecular complexity index is 366. The number of nitrogens with two attached hydrogens (primary N) is 1. The fourth-order valence-electron chi connectivity index (χ4n) is 1.33. The van der Waals surface area contributed by atoms with E-state index in [2.05, 4.69) is 15.9 Å². The zero-order valence-electron chi connectivity index (χ0n) is 9.44. The average Bonchev–Trinajstić information content (AvgIpc) is 2.16. The van der Waals surface area contributed by atoms with Gasteiger partial charge in [0.2, 0.25) is 0 Å². The molecule has 0 heterocycles. The second-order valence-electron chi connectivity index (χ2n) is 4.11. The van der Waals surface area contributed by atoms with E-state index in [1.165, 1.54) is 0 Å². The van der Waals surface area contributed by atoms with Gasteiger partial charge in [0.05, 0.1) is 0 Å². The van der Waals surface area contributed by atoms with Gasteiger partial charge in [-0.1, -0.05) is 35.8 Å². The topological polar surface area (TPSA) is 52.3 Å². The van der Waals surface area contributed by atoms with Gasteiger partial charge in [-0.05, 0) is 30.5 Å². The summed E-state index contributed by atoms with van der Waals surface area (Å²) in [7, 11) is 0. The Kier molecular flexibility index (Phi) is 4.96. The van der Waals surface area contributed by atoms with Gasteiger partial charge in [-0.2, -0.15) is 0 Å². The molecule has 0 saturated carbocycles. The highest BCUT2D eigenvalue weighted by Gasteiger charge is 2.17. The Morgan fingerprint density at radius 1 is 1.50 bits per heavy atom. The van der Waals surface area contributed by atoms with Crippen LogP contribution in [-0.4, -0.2) is 12.0 Å². The first kappa shape index (κ1) is 13.2. The summed E-state index contributed by atoms with van der Waals surface area (Å²) in [6, 6.07) is 6.58. The van der Waals surface area contributed by atoms with Crippen molar-refractivity contribution in [2.75, 3.05) is 0 Å². The molecule has 0 fully saturated rings. The van der Waals surface area contributed by atoms with E-state index in [0.717, 1.165) is 4.47 Å². The standard InChI is InChI=1S/C12H16BrNO2/c1-8(2)6-11(14)12(15)16-10-5-3-4-9(13)7-10/h3-5,7-8,11H,6,14H2,1-2H3. The Hall–Kier alpha value is -0.870. The molecule has 1 atom stereocenters. The van der Waals surface area contributed by atoms with Crippen LogP contribution in [0.1, 0.15) is 20.3 Å². The second-order valence-corrected chi connectivity index (χ2v) is 5.03. The van der Waals surface area contributed by atoms with E-state index in [1.807, 2.05) is 19.9 Å². The first-order valence-electron chi connectivity index (χ1n) is 5.22. The smallest absolute Gasteiger partial charge is 0.328 e. The molecular formula is C12H16BrNO2. The molecule has 2 N–H and O–H groups in total. The van der Waals surface area contributed by atoms with Gasteiger partial charge in [-0.3, -0.25) is 0 Å². The summed E-state index contributed by atoms with van der Waals surface area (Å²) >= 11 is 3.31. The lowest BCUT2D eigenvalue weighted by Gasteiger charge is -2.13. The van der Waals surface area contributed by atoms with Crippen molar-refractivity contribution in [2.24, 2.45) is 11.7 Å². The Balaban J connectivity index is 2.57. The van der Waals surface area contributed by atoms with Crippen molar-refractivity contribution in [1.82, 2.24) is 0 Å². The summed E-state index contributed by atoms with van der Waals surface area (Å²) < 4.78 is 6.03. The van der Waals surface area contributed by atoms with Crippen molar-refractivity contribution < 1.29 is 9.53 Å². The second kappa shape index (κ2) is 6.01. The monoisotopic (exact) mass is 285 g/mol. The molecule has 1 rings (SSSR count). The summed E-state index contributed by atoms with van der Waals surface area (Å²) in [6.07, 6.45) is 0.632. The van der Waals surface area contributed by atoms with Gasteiger partial charge in [0.15, 0.2) is 0 Å². The Labute approximate surface area is 104 Å². The van der Waals surface area contributed by atoms with Crippen LogP contribution >= 0.6 is 15.9 Å². The predicted octanol–water partition coefficient (Wildman–Crippen LogP) is 2.73. The quantitative estimate of drug-likeness (QED) is 0.684. The van der Waals surface area contributed by atoms with Gasteiger partial charge < -0.3 is 10.5 Å². The van der Waals surface area contributed by atoms with Crippen LogP contribution in [0.4, 0.5) is 0 Å². The fourth-order valence-corrected chi connectivity index (χ4v) is 1.70. The molecule has 1 unspecified atom stereocenters. The zero-order valence-corrected chi connectivity index (χ0v) is 11.0. The highest BCUT2D eigenvalue weighted by atomic mass is 79.9. The first-order chi connectivity index (χ1) is 7.49. The molecule has 0 spiro atoms. The van der Waals surface area contributed by atoms with E-state index in [4.69, 9.17) is 10.5 Å². The van der Waals surface area contributed by atoms with Crippen LogP contribution in [0, 0.1) is 5.92 Å². The van der Waals surface area contributed by atoms with E-state index in [0.29, 0.717) is 18.1 Å². The molecule has 16 heavy (non-hydrogen) atoms. The van der Waals surface area contributed by atoms with Gasteiger partial charge in [0.25, 0.3) is 0 Å². The average molecular weight is 286 g/mol. The maximum Gasteiger partial charge on any atom is 0.328 e. The maximum atomic E-state index is 11.6. The summed E-state index contributed by atoms with van der Waals surface area (Å²) in [5.74, 6) is 0.510. The molecular weight excluding hydrogens is 270 g/mol. The van der Waals surface area contributed by atoms with Crippen LogP contribution in [-0.2, 0) is 4.79 Å². The van der Waals surface area contributed by atoms with E-state index in [-0.39, 0.29) is 5.97 Å². The molecule has 0 saturated heterocycles. The van der Waals surface area contributed by atoms with E-state index in [1.54, 1.807) is 18.2 Å². The van der Waals surface area contributed by atoms with Crippen molar-refractivity contribution in [2.45, 2.75) is 26.3 Å². The minimum atomic E-state index is -0.556. The molecule has 0 bridgehead atoms. The molecule has 0 radical (unpaired) electrons. The molecule has 0 aromatic heterocycles. The van der Waals surface area contributed by atoms with Gasteiger partial charge >= 0.3 is 5.97 Å². The number of carbonyl (C=O) groups excluding carboxylic acids is 1. The number of hydrogen-bond acceptors (Lipinski definition) is 3. The van der Waals surface area contributed by atoms with Crippen LogP contribution < -0.4 is 10.5 Å². The lowest BCUT2D eigenvalue weighted by Crippen LogP contribution is -2.35. The lowest BCUT2D eigenvalue weighted by atomic mass is 10.1. The number of halogens is 1. The van der Waals surface area contributed by atoms with Crippen molar-refractivity contribution >= 4 is 21.9 Å². The number of ether oxygens (including phenoxy) is 1. The number of benzene rings is 1. The van der Waals surface area contributed by atoms with Gasteiger partial charge in [-0.25, -0.2) is 4.79 Å². The Morgan fingerprint density at radius 3 is 2.75 bits per heavy atom. The minimum Gasteiger partial charge on any atom is -0.425 e. The number of rotatable bonds is 4. The van der Waals surface area contributed by atoms with Gasteiger partial charge in [0, 0.05) is 4.47 Å². The Morgan fingerprint density at radius 2 is 2.19 bits per heavy atom. The van der Waals surface area contributed by atoms with Crippen LogP contribution in [0.2, 0.25) is 0 Å². The normalized spacial score (nSPS) is 12.6. The first-order valence-corrected chi connectivity index (χ1v) is 6.01. The molecule has 1 aromatic carbocycles. The molecule has 3 nitrogen and oxygen atoms in total. The lowest BCUT2D eigenvalue weighted by molar-refractivity contribution is -0.136. The molecule has 0 aliphatic heterocycles. The minimum absolute atomic E-state index is 0.380. The number of carbonyl (C=O) groups is 1. The van der Waals surface area contributed by atoms with Crippen LogP contribution in [0.3, 0.4) is 0 Å². The number of esters is 1. The molecule has 0 amide bonds. The largest absolute Gasteiger partial charge is 0.425 e. The fraction of sp³-hybridized carbons (Fsp3) is 0.417.